The van der Waals surface area contributed by atoms with Crippen molar-refractivity contribution in [1.82, 2.24) is 4.90 Å². The van der Waals surface area contributed by atoms with Crippen LogP contribution in [0.4, 0.5) is 10.1 Å². The van der Waals surface area contributed by atoms with Crippen LogP contribution in [0.2, 0.25) is 0 Å². The molecule has 6 heteroatoms. The maximum absolute atomic E-state index is 14.2. The van der Waals surface area contributed by atoms with Crippen LogP contribution in [0.1, 0.15) is 16.8 Å². The summed E-state index contributed by atoms with van der Waals surface area (Å²) >= 11 is 0. The lowest BCUT2D eigenvalue weighted by molar-refractivity contribution is -0.0246. The van der Waals surface area contributed by atoms with Gasteiger partial charge in [0.25, 0.3) is 0 Å². The quantitative estimate of drug-likeness (QED) is 0.827. The largest absolute Gasteiger partial charge is 0.464 e. The number of carbonyl (C=O) groups excluding carboxylic acids is 1. The number of carbonyl (C=O) groups is 1. The molecule has 0 aromatic heterocycles. The molecule has 1 unspecified atom stereocenters. The van der Waals surface area contributed by atoms with Crippen molar-refractivity contribution in [1.29, 1.82) is 0 Å². The Morgan fingerprint density at radius 2 is 2.00 bits per heavy atom. The third-order valence-electron chi connectivity index (χ3n) is 3.82. The number of rotatable bonds is 1. The van der Waals surface area contributed by atoms with Gasteiger partial charge in [-0.3, -0.25) is 4.79 Å². The molecule has 0 saturated carbocycles. The van der Waals surface area contributed by atoms with E-state index in [1.54, 1.807) is 0 Å². The van der Waals surface area contributed by atoms with Crippen LogP contribution in [-0.4, -0.2) is 55.3 Å². The third kappa shape index (κ3) is 2.36. The molecule has 0 spiro atoms. The van der Waals surface area contributed by atoms with Gasteiger partial charge in [0.15, 0.2) is 5.78 Å². The zero-order valence-electron chi connectivity index (χ0n) is 11.3. The average Bonchev–Trinajstić information content (AvgIpc) is 2.40. The third-order valence-corrected chi connectivity index (χ3v) is 3.82. The van der Waals surface area contributed by atoms with Crippen molar-refractivity contribution >= 4 is 11.5 Å². The van der Waals surface area contributed by atoms with Gasteiger partial charge in [0, 0.05) is 32.2 Å². The molecule has 1 saturated heterocycles. The molecule has 2 heterocycles. The monoisotopic (exact) mass is 280 g/mol. The van der Waals surface area contributed by atoms with Gasteiger partial charge < -0.3 is 19.6 Å². The maximum atomic E-state index is 14.2. The number of aliphatic hydroxyl groups is 1. The summed E-state index contributed by atoms with van der Waals surface area (Å²) in [6.07, 6.45) is -1.26. The Balaban J connectivity index is 1.93. The molecule has 5 nitrogen and oxygen atoms in total. The molecule has 108 valence electrons. The van der Waals surface area contributed by atoms with E-state index in [-0.39, 0.29) is 23.5 Å². The number of likely N-dealkylation sites (N-methyl/N-ethyl adjacent to an activating group) is 1. The SMILES string of the molecule is CN1CCN(c2cc3c(cc2F)C(=O)CC(O)O3)CC1. The van der Waals surface area contributed by atoms with Crippen LogP contribution in [0.3, 0.4) is 0 Å². The Hall–Kier alpha value is -1.66. The molecule has 0 radical (unpaired) electrons. The Bertz CT molecular complexity index is 541. The van der Waals surface area contributed by atoms with Crippen LogP contribution >= 0.6 is 0 Å². The number of piperazine rings is 1. The molecule has 1 atom stereocenters. The van der Waals surface area contributed by atoms with Crippen molar-refractivity contribution in [3.63, 3.8) is 0 Å². The standard InChI is InChI=1S/C14H17FN2O3/c1-16-2-4-17(5-3-16)11-7-13-9(6-10(11)15)12(18)8-14(19)20-13/h6-7,14,19H,2-5,8H2,1H3. The maximum Gasteiger partial charge on any atom is 0.204 e. The topological polar surface area (TPSA) is 53.0 Å². The molecule has 2 aliphatic heterocycles. The molecule has 1 aromatic rings. The van der Waals surface area contributed by atoms with Crippen molar-refractivity contribution in [3.05, 3.63) is 23.5 Å². The van der Waals surface area contributed by atoms with Gasteiger partial charge in [0.1, 0.15) is 11.6 Å². The average molecular weight is 280 g/mol. The van der Waals surface area contributed by atoms with Gasteiger partial charge in [-0.15, -0.1) is 0 Å². The van der Waals surface area contributed by atoms with Crippen molar-refractivity contribution in [2.75, 3.05) is 38.1 Å². The summed E-state index contributed by atoms with van der Waals surface area (Å²) in [7, 11) is 2.03. The predicted octanol–water partition coefficient (Wildman–Crippen LogP) is 0.861. The van der Waals surface area contributed by atoms with Crippen LogP contribution in [-0.2, 0) is 0 Å². The molecule has 0 bridgehead atoms. The van der Waals surface area contributed by atoms with E-state index in [1.807, 2.05) is 11.9 Å². The zero-order valence-corrected chi connectivity index (χ0v) is 11.3. The number of halogens is 1. The Morgan fingerprint density at radius 1 is 1.30 bits per heavy atom. The fourth-order valence-electron chi connectivity index (χ4n) is 2.60. The van der Waals surface area contributed by atoms with Crippen molar-refractivity contribution < 1.29 is 19.0 Å². The van der Waals surface area contributed by atoms with E-state index in [0.29, 0.717) is 5.69 Å². The summed E-state index contributed by atoms with van der Waals surface area (Å²) in [4.78, 5) is 15.9. The fourth-order valence-corrected chi connectivity index (χ4v) is 2.60. The van der Waals surface area contributed by atoms with Crippen LogP contribution in [0.15, 0.2) is 12.1 Å². The van der Waals surface area contributed by atoms with Crippen molar-refractivity contribution in [2.24, 2.45) is 0 Å². The van der Waals surface area contributed by atoms with Gasteiger partial charge in [-0.1, -0.05) is 0 Å². The second-order valence-electron chi connectivity index (χ2n) is 5.29. The minimum Gasteiger partial charge on any atom is -0.464 e. The normalized spacial score (nSPS) is 23.4. The van der Waals surface area contributed by atoms with Crippen molar-refractivity contribution in [2.45, 2.75) is 12.7 Å². The van der Waals surface area contributed by atoms with E-state index in [9.17, 15) is 14.3 Å². The molecule has 2 aliphatic rings. The van der Waals surface area contributed by atoms with Gasteiger partial charge in [-0.25, -0.2) is 4.39 Å². The number of benzene rings is 1. The summed E-state index contributed by atoms with van der Waals surface area (Å²) in [6.45, 7) is 3.17. The summed E-state index contributed by atoms with van der Waals surface area (Å²) < 4.78 is 19.4. The number of fused-ring (bicyclic) bond motifs is 1. The fraction of sp³-hybridized carbons (Fsp3) is 0.500. The molecule has 3 rings (SSSR count). The highest BCUT2D eigenvalue weighted by Crippen LogP contribution is 2.33. The van der Waals surface area contributed by atoms with E-state index in [2.05, 4.69) is 4.90 Å². The summed E-state index contributed by atoms with van der Waals surface area (Å²) in [6, 6.07) is 2.74. The van der Waals surface area contributed by atoms with Gasteiger partial charge in [0.2, 0.25) is 6.29 Å². The first-order valence-electron chi connectivity index (χ1n) is 6.69. The first-order chi connectivity index (χ1) is 9.54. The minimum atomic E-state index is -1.14. The van der Waals surface area contributed by atoms with E-state index in [4.69, 9.17) is 4.74 Å². The van der Waals surface area contributed by atoms with Crippen LogP contribution < -0.4 is 9.64 Å². The first-order valence-corrected chi connectivity index (χ1v) is 6.69. The second-order valence-corrected chi connectivity index (χ2v) is 5.29. The van der Waals surface area contributed by atoms with Crippen LogP contribution in [0.25, 0.3) is 0 Å². The molecule has 0 amide bonds. The van der Waals surface area contributed by atoms with Gasteiger partial charge in [0.05, 0.1) is 17.7 Å². The lowest BCUT2D eigenvalue weighted by Gasteiger charge is -2.34. The van der Waals surface area contributed by atoms with Gasteiger partial charge in [-0.05, 0) is 13.1 Å². The molecule has 1 aromatic carbocycles. The highest BCUT2D eigenvalue weighted by Gasteiger charge is 2.28. The number of ketones is 1. The summed E-state index contributed by atoms with van der Waals surface area (Å²) in [5.74, 6) is -0.437. The summed E-state index contributed by atoms with van der Waals surface area (Å²) in [5, 5.41) is 9.47. The number of nitrogens with zero attached hydrogens (tertiary/aromatic N) is 2. The molecule has 1 fully saturated rings. The molecule has 1 N–H and O–H groups in total. The van der Waals surface area contributed by atoms with Crippen molar-refractivity contribution in [3.8, 4) is 5.75 Å². The smallest absolute Gasteiger partial charge is 0.204 e. The molecular weight excluding hydrogens is 263 g/mol. The number of anilines is 1. The highest BCUT2D eigenvalue weighted by molar-refractivity contribution is 6.00. The molecular formula is C14H17FN2O3. The minimum absolute atomic E-state index is 0.125. The lowest BCUT2D eigenvalue weighted by Crippen LogP contribution is -2.44. The molecule has 0 aliphatic carbocycles. The van der Waals surface area contributed by atoms with Crippen LogP contribution in [0.5, 0.6) is 5.75 Å². The predicted molar refractivity (Wildman–Crippen MR) is 71.7 cm³/mol. The van der Waals surface area contributed by atoms with E-state index in [0.717, 1.165) is 26.2 Å². The second kappa shape index (κ2) is 5.03. The summed E-state index contributed by atoms with van der Waals surface area (Å²) in [5.41, 5.74) is 0.643. The number of hydrogen-bond donors (Lipinski definition) is 1. The Kier molecular flexibility index (Phi) is 3.35. The Labute approximate surface area is 116 Å². The molecule has 20 heavy (non-hydrogen) atoms. The Morgan fingerprint density at radius 3 is 2.70 bits per heavy atom. The van der Waals surface area contributed by atoms with E-state index in [1.165, 1.54) is 12.1 Å². The number of ether oxygens (including phenoxy) is 1. The first kappa shape index (κ1) is 13.3. The van der Waals surface area contributed by atoms with Crippen LogP contribution in [0, 0.1) is 5.82 Å². The number of Topliss-reactive ketones (excluding diaryl/α,β-unsaturated/α-hetero) is 1. The van der Waals surface area contributed by atoms with E-state index >= 15 is 0 Å². The zero-order chi connectivity index (χ0) is 14.3. The highest BCUT2D eigenvalue weighted by atomic mass is 19.1. The number of hydrogen-bond acceptors (Lipinski definition) is 5. The van der Waals surface area contributed by atoms with Gasteiger partial charge >= 0.3 is 0 Å². The number of aliphatic hydroxyl groups excluding tert-OH is 1. The lowest BCUT2D eigenvalue weighted by atomic mass is 10.0. The van der Waals surface area contributed by atoms with E-state index < -0.39 is 12.1 Å². The van der Waals surface area contributed by atoms with Gasteiger partial charge in [-0.2, -0.15) is 0 Å².